The SMILES string of the molecule is CC1CNCC(c2ccc(C#N)c3ncc(OC(=O)CC4CCN(C)CC4)cc23)C1. The molecular formula is C24H30N4O2. The van der Waals surface area contributed by atoms with Gasteiger partial charge in [-0.1, -0.05) is 13.0 Å². The maximum Gasteiger partial charge on any atom is 0.311 e. The number of aromatic nitrogens is 1. The second kappa shape index (κ2) is 9.11. The van der Waals surface area contributed by atoms with Crippen molar-refractivity contribution in [1.82, 2.24) is 15.2 Å². The van der Waals surface area contributed by atoms with Crippen LogP contribution in [0, 0.1) is 23.2 Å². The first-order valence-electron chi connectivity index (χ1n) is 11.0. The number of nitriles is 1. The number of piperidine rings is 2. The first kappa shape index (κ1) is 20.8. The number of nitrogens with zero attached hydrogens (tertiary/aromatic N) is 3. The smallest absolute Gasteiger partial charge is 0.311 e. The van der Waals surface area contributed by atoms with Crippen molar-refractivity contribution >= 4 is 16.9 Å². The molecule has 30 heavy (non-hydrogen) atoms. The van der Waals surface area contributed by atoms with Gasteiger partial charge in [-0.2, -0.15) is 5.26 Å². The summed E-state index contributed by atoms with van der Waals surface area (Å²) in [6.07, 6.45) is 5.17. The van der Waals surface area contributed by atoms with Crippen LogP contribution < -0.4 is 10.1 Å². The lowest BCUT2D eigenvalue weighted by molar-refractivity contribution is -0.135. The summed E-state index contributed by atoms with van der Waals surface area (Å²) in [6, 6.07) is 8.03. The van der Waals surface area contributed by atoms with Crippen LogP contribution in [0.3, 0.4) is 0 Å². The van der Waals surface area contributed by atoms with Crippen molar-refractivity contribution in [2.24, 2.45) is 11.8 Å². The summed E-state index contributed by atoms with van der Waals surface area (Å²) in [6.45, 7) is 6.25. The summed E-state index contributed by atoms with van der Waals surface area (Å²) in [7, 11) is 2.12. The highest BCUT2D eigenvalue weighted by Crippen LogP contribution is 2.34. The number of pyridine rings is 1. The normalized spacial score (nSPS) is 23.2. The number of likely N-dealkylation sites (tertiary alicyclic amines) is 1. The van der Waals surface area contributed by atoms with Crippen molar-refractivity contribution in [3.05, 3.63) is 35.5 Å². The fourth-order valence-corrected chi connectivity index (χ4v) is 4.79. The molecule has 1 aromatic heterocycles. The number of nitrogens with one attached hydrogen (secondary N) is 1. The van der Waals surface area contributed by atoms with E-state index in [1.807, 2.05) is 18.2 Å². The van der Waals surface area contributed by atoms with Crippen LogP contribution in [0.4, 0.5) is 0 Å². The molecule has 2 aromatic rings. The fourth-order valence-electron chi connectivity index (χ4n) is 4.79. The lowest BCUT2D eigenvalue weighted by Gasteiger charge is -2.29. The van der Waals surface area contributed by atoms with Gasteiger partial charge < -0.3 is 15.0 Å². The Morgan fingerprint density at radius 3 is 2.87 bits per heavy atom. The van der Waals surface area contributed by atoms with E-state index in [4.69, 9.17) is 4.74 Å². The van der Waals surface area contributed by atoms with E-state index in [0.717, 1.165) is 50.8 Å². The maximum absolute atomic E-state index is 12.5. The molecule has 4 rings (SSSR count). The van der Waals surface area contributed by atoms with Crippen molar-refractivity contribution in [3.63, 3.8) is 0 Å². The molecular weight excluding hydrogens is 376 g/mol. The Bertz CT molecular complexity index is 960. The molecule has 0 saturated carbocycles. The van der Waals surface area contributed by atoms with Crippen molar-refractivity contribution in [2.75, 3.05) is 33.2 Å². The van der Waals surface area contributed by atoms with E-state index in [-0.39, 0.29) is 5.97 Å². The van der Waals surface area contributed by atoms with Crippen LogP contribution in [0.2, 0.25) is 0 Å². The zero-order valence-electron chi connectivity index (χ0n) is 17.9. The Morgan fingerprint density at radius 1 is 1.33 bits per heavy atom. The van der Waals surface area contributed by atoms with E-state index in [1.165, 1.54) is 5.56 Å². The van der Waals surface area contributed by atoms with E-state index < -0.39 is 0 Å². The second-order valence-electron chi connectivity index (χ2n) is 9.00. The number of carbonyl (C=O) groups excluding carboxylic acids is 1. The van der Waals surface area contributed by atoms with Gasteiger partial charge in [0.2, 0.25) is 0 Å². The summed E-state index contributed by atoms with van der Waals surface area (Å²) in [5, 5.41) is 13.9. The second-order valence-corrected chi connectivity index (χ2v) is 9.00. The van der Waals surface area contributed by atoms with Gasteiger partial charge in [0.1, 0.15) is 11.8 Å². The highest BCUT2D eigenvalue weighted by molar-refractivity contribution is 5.89. The van der Waals surface area contributed by atoms with Gasteiger partial charge in [-0.15, -0.1) is 0 Å². The monoisotopic (exact) mass is 406 g/mol. The van der Waals surface area contributed by atoms with Crippen molar-refractivity contribution in [3.8, 4) is 11.8 Å². The number of hydrogen-bond acceptors (Lipinski definition) is 6. The topological polar surface area (TPSA) is 78.2 Å². The number of carbonyl (C=O) groups is 1. The molecule has 3 heterocycles. The van der Waals surface area contributed by atoms with Crippen LogP contribution in [0.5, 0.6) is 5.75 Å². The van der Waals surface area contributed by atoms with Crippen LogP contribution in [0.25, 0.3) is 10.9 Å². The summed E-state index contributed by atoms with van der Waals surface area (Å²) in [4.78, 5) is 19.3. The number of benzene rings is 1. The maximum atomic E-state index is 12.5. The quantitative estimate of drug-likeness (QED) is 0.784. The summed E-state index contributed by atoms with van der Waals surface area (Å²) in [5.41, 5.74) is 2.40. The first-order valence-corrected chi connectivity index (χ1v) is 11.0. The average Bonchev–Trinajstić information content (AvgIpc) is 2.74. The summed E-state index contributed by atoms with van der Waals surface area (Å²) >= 11 is 0. The van der Waals surface area contributed by atoms with Gasteiger partial charge in [-0.3, -0.25) is 9.78 Å². The van der Waals surface area contributed by atoms with E-state index in [9.17, 15) is 10.1 Å². The van der Waals surface area contributed by atoms with Crippen LogP contribution in [0.1, 0.15) is 49.7 Å². The third kappa shape index (κ3) is 4.63. The number of fused-ring (bicyclic) bond motifs is 1. The molecule has 0 bridgehead atoms. The third-order valence-electron chi connectivity index (χ3n) is 6.51. The predicted octanol–water partition coefficient (Wildman–Crippen LogP) is 3.46. The van der Waals surface area contributed by atoms with Crippen LogP contribution in [-0.2, 0) is 4.79 Å². The molecule has 2 saturated heterocycles. The molecule has 6 nitrogen and oxygen atoms in total. The number of esters is 1. The van der Waals surface area contributed by atoms with Gasteiger partial charge in [-0.05, 0) is 81.4 Å². The van der Waals surface area contributed by atoms with Gasteiger partial charge in [0.25, 0.3) is 0 Å². The van der Waals surface area contributed by atoms with Crippen molar-refractivity contribution in [1.29, 1.82) is 5.26 Å². The van der Waals surface area contributed by atoms with Gasteiger partial charge >= 0.3 is 5.97 Å². The highest BCUT2D eigenvalue weighted by atomic mass is 16.5. The molecule has 158 valence electrons. The Kier molecular flexibility index (Phi) is 6.31. The molecule has 2 unspecified atom stereocenters. The minimum atomic E-state index is -0.198. The van der Waals surface area contributed by atoms with Gasteiger partial charge in [0, 0.05) is 18.4 Å². The molecule has 0 radical (unpaired) electrons. The van der Waals surface area contributed by atoms with Gasteiger partial charge in [0.05, 0.1) is 17.3 Å². The van der Waals surface area contributed by atoms with E-state index >= 15 is 0 Å². The Hall–Kier alpha value is -2.49. The molecule has 1 N–H and O–H groups in total. The predicted molar refractivity (Wildman–Crippen MR) is 116 cm³/mol. The Labute approximate surface area is 178 Å². The number of ether oxygens (including phenoxy) is 1. The molecule has 2 aliphatic rings. The fraction of sp³-hybridized carbons (Fsp3) is 0.542. The number of hydrogen-bond donors (Lipinski definition) is 1. The molecule has 0 spiro atoms. The van der Waals surface area contributed by atoms with E-state index in [2.05, 4.69) is 35.2 Å². The largest absolute Gasteiger partial charge is 0.425 e. The highest BCUT2D eigenvalue weighted by Gasteiger charge is 2.24. The van der Waals surface area contributed by atoms with Crippen LogP contribution in [-0.4, -0.2) is 49.1 Å². The Morgan fingerprint density at radius 2 is 2.13 bits per heavy atom. The number of rotatable bonds is 4. The van der Waals surface area contributed by atoms with Crippen molar-refractivity contribution in [2.45, 2.75) is 38.5 Å². The van der Waals surface area contributed by atoms with E-state index in [0.29, 0.717) is 41.0 Å². The zero-order chi connectivity index (χ0) is 21.1. The summed E-state index contributed by atoms with van der Waals surface area (Å²) < 4.78 is 5.68. The summed E-state index contributed by atoms with van der Waals surface area (Å²) in [5.74, 6) is 1.61. The molecule has 2 aliphatic heterocycles. The van der Waals surface area contributed by atoms with Gasteiger partial charge in [-0.25, -0.2) is 0 Å². The Balaban J connectivity index is 1.56. The standard InChI is InChI=1S/C24H30N4O2/c1-16-9-19(14-26-13-16)21-4-3-18(12-25)24-22(21)11-20(15-27-24)30-23(29)10-17-5-7-28(2)8-6-17/h3-4,11,15-17,19,26H,5-10,13-14H2,1-2H3. The van der Waals surface area contributed by atoms with E-state index in [1.54, 1.807) is 6.20 Å². The van der Waals surface area contributed by atoms with Gasteiger partial charge in [0.15, 0.2) is 0 Å². The van der Waals surface area contributed by atoms with Crippen molar-refractivity contribution < 1.29 is 9.53 Å². The molecule has 2 fully saturated rings. The minimum absolute atomic E-state index is 0.198. The molecule has 6 heteroatoms. The lowest BCUT2D eigenvalue weighted by atomic mass is 9.84. The van der Waals surface area contributed by atoms with Crippen LogP contribution in [0.15, 0.2) is 24.4 Å². The molecule has 1 aromatic carbocycles. The minimum Gasteiger partial charge on any atom is -0.425 e. The first-order chi connectivity index (χ1) is 14.5. The molecule has 2 atom stereocenters. The van der Waals surface area contributed by atoms with Crippen LogP contribution >= 0.6 is 0 Å². The average molecular weight is 407 g/mol. The lowest BCUT2D eigenvalue weighted by Crippen LogP contribution is -2.33. The zero-order valence-corrected chi connectivity index (χ0v) is 17.9. The third-order valence-corrected chi connectivity index (χ3v) is 6.51. The molecule has 0 aliphatic carbocycles. The molecule has 0 amide bonds.